The summed E-state index contributed by atoms with van der Waals surface area (Å²) in [5.74, 6) is -0.468. The molecule has 0 saturated carbocycles. The zero-order valence-electron chi connectivity index (χ0n) is 10.0. The van der Waals surface area contributed by atoms with E-state index in [9.17, 15) is 12.8 Å². The Bertz CT molecular complexity index is 538. The van der Waals surface area contributed by atoms with Gasteiger partial charge in [0.15, 0.2) is 0 Å². The van der Waals surface area contributed by atoms with Crippen molar-refractivity contribution < 1.29 is 17.0 Å². The van der Waals surface area contributed by atoms with Gasteiger partial charge >= 0.3 is 0 Å². The van der Waals surface area contributed by atoms with Gasteiger partial charge in [-0.25, -0.2) is 4.39 Å². The van der Waals surface area contributed by atoms with Gasteiger partial charge in [-0.1, -0.05) is 17.7 Å². The highest BCUT2D eigenvalue weighted by atomic mass is 35.5. The van der Waals surface area contributed by atoms with Gasteiger partial charge in [-0.3, -0.25) is 4.18 Å². The number of aryl methyl sites for hydroxylation is 1. The molecule has 0 unspecified atom stereocenters. The molecule has 0 spiro atoms. The summed E-state index contributed by atoms with van der Waals surface area (Å²) >= 11 is 5.89. The normalized spacial score (nSPS) is 12.8. The van der Waals surface area contributed by atoms with Crippen molar-refractivity contribution in [2.75, 3.05) is 7.11 Å². The van der Waals surface area contributed by atoms with Crippen molar-refractivity contribution in [3.63, 3.8) is 0 Å². The highest BCUT2D eigenvalue weighted by Crippen LogP contribution is 2.36. The summed E-state index contributed by atoms with van der Waals surface area (Å²) in [6.45, 7) is 4.47. The van der Waals surface area contributed by atoms with Gasteiger partial charge < -0.3 is 0 Å². The average molecular weight is 281 g/mol. The van der Waals surface area contributed by atoms with Crippen LogP contribution in [0.1, 0.15) is 25.0 Å². The summed E-state index contributed by atoms with van der Waals surface area (Å²) in [6, 6.07) is 2.54. The Labute approximate surface area is 106 Å². The monoisotopic (exact) mass is 280 g/mol. The minimum absolute atomic E-state index is 0.0683. The molecule has 0 fully saturated rings. The lowest BCUT2D eigenvalue weighted by Gasteiger charge is -2.25. The molecule has 96 valence electrons. The molecule has 0 aliphatic rings. The van der Waals surface area contributed by atoms with Crippen LogP contribution in [0.25, 0.3) is 0 Å². The van der Waals surface area contributed by atoms with Gasteiger partial charge in [-0.05, 0) is 38.0 Å². The van der Waals surface area contributed by atoms with Crippen molar-refractivity contribution in [3.8, 4) is 0 Å². The van der Waals surface area contributed by atoms with E-state index >= 15 is 0 Å². The molecule has 0 aromatic heterocycles. The molecule has 1 rings (SSSR count). The van der Waals surface area contributed by atoms with Crippen molar-refractivity contribution in [1.82, 2.24) is 0 Å². The van der Waals surface area contributed by atoms with Crippen LogP contribution in [-0.4, -0.2) is 15.5 Å². The first-order valence-electron chi connectivity index (χ1n) is 4.90. The minimum Gasteiger partial charge on any atom is -0.273 e. The van der Waals surface area contributed by atoms with Crippen LogP contribution in [0.4, 0.5) is 4.39 Å². The number of halogens is 2. The van der Waals surface area contributed by atoms with Gasteiger partial charge in [0.1, 0.15) is 10.6 Å². The van der Waals surface area contributed by atoms with E-state index in [0.717, 1.165) is 13.2 Å². The van der Waals surface area contributed by atoms with Crippen molar-refractivity contribution >= 4 is 21.7 Å². The van der Waals surface area contributed by atoms with Gasteiger partial charge in [0.25, 0.3) is 10.1 Å². The zero-order chi connectivity index (χ0) is 13.4. The lowest BCUT2D eigenvalue weighted by molar-refractivity contribution is 0.372. The summed E-state index contributed by atoms with van der Waals surface area (Å²) in [4.78, 5) is 0. The first-order valence-corrected chi connectivity index (χ1v) is 6.68. The zero-order valence-corrected chi connectivity index (χ0v) is 11.6. The largest absolute Gasteiger partial charge is 0.276 e. The van der Waals surface area contributed by atoms with E-state index in [1.807, 2.05) is 0 Å². The lowest BCUT2D eigenvalue weighted by atomic mass is 10.00. The van der Waals surface area contributed by atoms with Crippen LogP contribution in [0.3, 0.4) is 0 Å². The SMILES string of the molecule is COS(=O)(=O)C(C)(C)c1cc(C)c(F)cc1Cl. The lowest BCUT2D eigenvalue weighted by Crippen LogP contribution is -2.30. The second kappa shape index (κ2) is 4.55. The van der Waals surface area contributed by atoms with E-state index in [-0.39, 0.29) is 5.02 Å². The van der Waals surface area contributed by atoms with Crippen LogP contribution in [-0.2, 0) is 19.0 Å². The number of hydrogen-bond acceptors (Lipinski definition) is 3. The molecule has 0 N–H and O–H groups in total. The third-order valence-corrected chi connectivity index (χ3v) is 4.96. The van der Waals surface area contributed by atoms with Gasteiger partial charge in [-0.15, -0.1) is 0 Å². The second-order valence-corrected chi connectivity index (χ2v) is 6.88. The molecule has 0 saturated heterocycles. The number of rotatable bonds is 3. The van der Waals surface area contributed by atoms with Crippen LogP contribution in [0.5, 0.6) is 0 Å². The molecular formula is C11H14ClFO3S. The Kier molecular flexibility index (Phi) is 3.86. The van der Waals surface area contributed by atoms with E-state index in [4.69, 9.17) is 11.6 Å². The fourth-order valence-corrected chi connectivity index (χ4v) is 2.76. The van der Waals surface area contributed by atoms with Gasteiger partial charge in [0, 0.05) is 5.02 Å². The molecule has 0 bridgehead atoms. The Hall–Kier alpha value is -0.650. The maximum atomic E-state index is 13.3. The summed E-state index contributed by atoms with van der Waals surface area (Å²) in [6.07, 6.45) is 0. The summed E-state index contributed by atoms with van der Waals surface area (Å²) < 4.78 is 40.0. The highest BCUT2D eigenvalue weighted by Gasteiger charge is 2.38. The first kappa shape index (κ1) is 14.4. The smallest absolute Gasteiger partial charge is 0.273 e. The van der Waals surface area contributed by atoms with Gasteiger partial charge in [0.05, 0.1) is 7.11 Å². The third kappa shape index (κ3) is 2.46. The van der Waals surface area contributed by atoms with Gasteiger partial charge in [0.2, 0.25) is 0 Å². The summed E-state index contributed by atoms with van der Waals surface area (Å²) in [5.41, 5.74) is 0.656. The number of hydrogen-bond donors (Lipinski definition) is 0. The first-order chi connectivity index (χ1) is 7.63. The fourth-order valence-electron chi connectivity index (χ4n) is 1.46. The van der Waals surface area contributed by atoms with Crippen LogP contribution in [0, 0.1) is 12.7 Å². The maximum absolute atomic E-state index is 13.3. The van der Waals surface area contributed by atoms with E-state index in [2.05, 4.69) is 4.18 Å². The Balaban J connectivity index is 3.49. The Morgan fingerprint density at radius 1 is 1.35 bits per heavy atom. The molecule has 0 heterocycles. The van der Waals surface area contributed by atoms with Crippen molar-refractivity contribution in [2.45, 2.75) is 25.5 Å². The predicted molar refractivity (Wildman–Crippen MR) is 65.1 cm³/mol. The molecule has 0 aliphatic carbocycles. The molecule has 17 heavy (non-hydrogen) atoms. The van der Waals surface area contributed by atoms with Crippen molar-refractivity contribution in [2.24, 2.45) is 0 Å². The predicted octanol–water partition coefficient (Wildman–Crippen LogP) is 3.00. The average Bonchev–Trinajstić information content (AvgIpc) is 2.22. The Morgan fingerprint density at radius 3 is 2.35 bits per heavy atom. The van der Waals surface area contributed by atoms with E-state index in [0.29, 0.717) is 11.1 Å². The second-order valence-electron chi connectivity index (χ2n) is 4.21. The third-order valence-electron chi connectivity index (χ3n) is 2.74. The highest BCUT2D eigenvalue weighted by molar-refractivity contribution is 7.87. The molecule has 0 radical (unpaired) electrons. The van der Waals surface area contributed by atoms with Crippen LogP contribution < -0.4 is 0 Å². The molecule has 6 heteroatoms. The van der Waals surface area contributed by atoms with E-state index in [1.54, 1.807) is 6.92 Å². The molecule has 1 aromatic carbocycles. The van der Waals surface area contributed by atoms with Crippen LogP contribution in [0.2, 0.25) is 5.02 Å². The van der Waals surface area contributed by atoms with Crippen molar-refractivity contribution in [3.05, 3.63) is 34.1 Å². The van der Waals surface area contributed by atoms with E-state index < -0.39 is 20.7 Å². The molecule has 0 amide bonds. The quantitative estimate of drug-likeness (QED) is 0.800. The minimum atomic E-state index is -3.81. The summed E-state index contributed by atoms with van der Waals surface area (Å²) in [5, 5.41) is 0.0683. The molecule has 0 aliphatic heterocycles. The molecular weight excluding hydrogens is 267 g/mol. The Morgan fingerprint density at radius 2 is 1.88 bits per heavy atom. The standard InChI is InChI=1S/C11H14ClFO3S/c1-7-5-8(9(12)6-10(7)13)11(2,3)17(14,15)16-4/h5-6H,1-4H3. The maximum Gasteiger partial charge on any atom is 0.276 e. The van der Waals surface area contributed by atoms with Gasteiger partial charge in [-0.2, -0.15) is 8.42 Å². The van der Waals surface area contributed by atoms with Crippen LogP contribution in [0.15, 0.2) is 12.1 Å². The molecule has 0 atom stereocenters. The topological polar surface area (TPSA) is 43.4 Å². The van der Waals surface area contributed by atoms with Crippen LogP contribution >= 0.6 is 11.6 Å². The molecule has 3 nitrogen and oxygen atoms in total. The fraction of sp³-hybridized carbons (Fsp3) is 0.455. The molecule has 1 aromatic rings. The van der Waals surface area contributed by atoms with E-state index in [1.165, 1.54) is 19.9 Å². The number of benzene rings is 1. The summed E-state index contributed by atoms with van der Waals surface area (Å²) in [7, 11) is -2.73. The van der Waals surface area contributed by atoms with Crippen molar-refractivity contribution in [1.29, 1.82) is 0 Å².